The van der Waals surface area contributed by atoms with E-state index < -0.39 is 216 Å². The summed E-state index contributed by atoms with van der Waals surface area (Å²) < 4.78 is 370. The second-order valence-electron chi connectivity index (χ2n) is 16.5. The van der Waals surface area contributed by atoms with Crippen LogP contribution in [0.4, 0.5) is 87.8 Å². The molecule has 0 saturated heterocycles. The third-order valence-corrected chi connectivity index (χ3v) is 9.51. The summed E-state index contributed by atoms with van der Waals surface area (Å²) in [5.74, 6) is -13.6. The molecule has 0 atom stereocenters. The molecule has 0 spiro atoms. The minimum atomic E-state index is -6.94. The summed E-state index contributed by atoms with van der Waals surface area (Å²) in [4.78, 5) is 0. The molecule has 0 aliphatic carbocycles. The van der Waals surface area contributed by atoms with Crippen molar-refractivity contribution in [2.45, 2.75) is 79.8 Å². The molecule has 0 rings (SSSR count). The molecule has 0 amide bonds. The van der Waals surface area contributed by atoms with Gasteiger partial charge in [-0.05, 0) is 0 Å². The summed E-state index contributed by atoms with van der Waals surface area (Å²) >= 11 is 0. The molecule has 0 aromatic carbocycles. The van der Waals surface area contributed by atoms with E-state index in [-0.39, 0.29) is 0 Å². The predicted molar refractivity (Wildman–Crippen MR) is 236 cm³/mol. The highest BCUT2D eigenvalue weighted by Crippen LogP contribution is 2.58. The Morgan fingerprint density at radius 2 is 0.468 bits per heavy atom. The van der Waals surface area contributed by atoms with Crippen LogP contribution in [0.1, 0.15) is 19.3 Å². The van der Waals surface area contributed by atoms with Crippen molar-refractivity contribution >= 4 is 0 Å². The van der Waals surface area contributed by atoms with Crippen LogP contribution in [-0.4, -0.2) is 186 Å². The molecule has 0 aromatic rings. The number of hydrogen-bond donors (Lipinski definition) is 0. The van der Waals surface area contributed by atoms with E-state index >= 15 is 61.5 Å². The van der Waals surface area contributed by atoms with Crippen molar-refractivity contribution in [2.24, 2.45) is 10.8 Å². The molecule has 0 unspecified atom stereocenters. The summed E-state index contributed by atoms with van der Waals surface area (Å²) in [7, 11) is 0. The zero-order chi connectivity index (χ0) is 61.0. The van der Waals surface area contributed by atoms with Gasteiger partial charge in [-0.25, -0.2) is 26.3 Å². The van der Waals surface area contributed by atoms with Gasteiger partial charge in [-0.2, -0.15) is 61.5 Å². The Morgan fingerprint density at radius 1 is 0.253 bits per heavy atom. The van der Waals surface area contributed by atoms with E-state index in [0.29, 0.717) is 0 Å². The van der Waals surface area contributed by atoms with Crippen LogP contribution >= 0.6 is 0 Å². The number of hydrogen-bond acceptors (Lipinski definition) is 13. The third-order valence-electron chi connectivity index (χ3n) is 9.51. The summed E-state index contributed by atoms with van der Waals surface area (Å²) in [6.07, 6.45) is -45.4. The first-order valence-corrected chi connectivity index (χ1v) is 22.7. The van der Waals surface area contributed by atoms with Crippen LogP contribution in [0.2, 0.25) is 0 Å². The molecule has 0 aliphatic heterocycles. The topological polar surface area (TPSA) is 120 Å². The standard InChI is InChI=1S/C46H62F20O13/c1-7-16-67-22-13-40(53,54)77-44(61,62)35(25-73-32-37(47,48)29-70-19-10-4,26-74-33-38(49,50)30-71-20-11-5)43(59,60)76-28-36(27-75-34-39(51,52)31-72-21-12-6,45(63,64)78-41(55,56)14-23-68-17-8-2)46(65,66)79-42(57,58)15-24-69-18-9-3/h7-12H,1-6,13-34H2. The van der Waals surface area contributed by atoms with Gasteiger partial charge in [0.1, 0.15) is 39.6 Å². The lowest BCUT2D eigenvalue weighted by atomic mass is 9.84. The fourth-order valence-corrected chi connectivity index (χ4v) is 5.65. The van der Waals surface area contributed by atoms with E-state index in [0.717, 1.165) is 36.5 Å². The molecule has 0 fully saturated rings. The maximum atomic E-state index is 17.3. The highest BCUT2D eigenvalue weighted by molar-refractivity contribution is 5.01. The monoisotopic (exact) mass is 1200 g/mol. The number of rotatable bonds is 52. The molecular weight excluding hydrogens is 1140 g/mol. The normalized spacial score (nSPS) is 14.1. The van der Waals surface area contributed by atoms with Gasteiger partial charge in [-0.3, -0.25) is 14.2 Å². The Labute approximate surface area is 441 Å². The molecule has 0 bridgehead atoms. The first kappa shape index (κ1) is 75.5. The quantitative estimate of drug-likeness (QED) is 0.0327. The van der Waals surface area contributed by atoms with E-state index in [9.17, 15) is 26.3 Å². The Hall–Kier alpha value is -3.48. The van der Waals surface area contributed by atoms with Crippen LogP contribution in [0.25, 0.3) is 0 Å². The van der Waals surface area contributed by atoms with E-state index in [1.54, 1.807) is 0 Å². The maximum absolute atomic E-state index is 17.3. The maximum Gasteiger partial charge on any atom is 0.378 e. The SMILES string of the molecule is C=CCOCCC(F)(F)OC(F)(F)C(COCC(F)(F)COCC=C)(COCC(F)(F)COCC=C)C(F)(F)OCC(COCC(F)(F)COCC=C)(C(F)(F)OC(F)(F)CCOCC=C)C(F)(F)OC(F)(F)CCOCC=C. The van der Waals surface area contributed by atoms with Crippen LogP contribution in [0.15, 0.2) is 75.9 Å². The molecule has 33 heteroatoms. The average Bonchev–Trinajstić information content (AvgIpc) is 3.30. The number of ether oxygens (including phenoxy) is 13. The van der Waals surface area contributed by atoms with Gasteiger partial charge in [0.05, 0.1) is 105 Å². The van der Waals surface area contributed by atoms with Crippen LogP contribution in [0.3, 0.4) is 0 Å². The lowest BCUT2D eigenvalue weighted by molar-refractivity contribution is -0.511. The summed E-state index contributed by atoms with van der Waals surface area (Å²) in [6.45, 7) is -15.5. The second kappa shape index (κ2) is 33.6. The predicted octanol–water partition coefficient (Wildman–Crippen LogP) is 11.5. The van der Waals surface area contributed by atoms with Crippen LogP contribution in [0, 0.1) is 10.8 Å². The van der Waals surface area contributed by atoms with E-state index in [2.05, 4.69) is 101 Å². The van der Waals surface area contributed by atoms with Crippen molar-refractivity contribution in [3.8, 4) is 0 Å². The van der Waals surface area contributed by atoms with Crippen molar-refractivity contribution in [3.63, 3.8) is 0 Å². The molecule has 0 saturated carbocycles. The number of halogens is 20. The fraction of sp³-hybridized carbons (Fsp3) is 0.739. The molecule has 0 N–H and O–H groups in total. The highest BCUT2D eigenvalue weighted by Gasteiger charge is 2.78. The summed E-state index contributed by atoms with van der Waals surface area (Å²) in [5, 5.41) is 0. The van der Waals surface area contributed by atoms with E-state index in [1.165, 1.54) is 0 Å². The summed E-state index contributed by atoms with van der Waals surface area (Å²) in [6, 6.07) is 0. The van der Waals surface area contributed by atoms with Crippen LogP contribution in [0.5, 0.6) is 0 Å². The number of alkyl halides is 20. The molecule has 0 radical (unpaired) electrons. The molecule has 79 heavy (non-hydrogen) atoms. The van der Waals surface area contributed by atoms with Gasteiger partial charge >= 0.3 is 42.8 Å². The Balaban J connectivity index is 8.74. The molecule has 13 nitrogen and oxygen atoms in total. The van der Waals surface area contributed by atoms with E-state index in [1.807, 2.05) is 0 Å². The van der Waals surface area contributed by atoms with Gasteiger partial charge in [-0.1, -0.05) is 36.5 Å². The van der Waals surface area contributed by atoms with Gasteiger partial charge in [0.2, 0.25) is 0 Å². The lowest BCUT2D eigenvalue weighted by Crippen LogP contribution is -2.67. The fourth-order valence-electron chi connectivity index (χ4n) is 5.65. The first-order valence-electron chi connectivity index (χ1n) is 22.7. The molecule has 464 valence electrons. The van der Waals surface area contributed by atoms with Crippen molar-refractivity contribution in [2.75, 3.05) is 126 Å². The lowest BCUT2D eigenvalue weighted by Gasteiger charge is -2.47. The molecular formula is C46H62F20O13. The van der Waals surface area contributed by atoms with Crippen molar-refractivity contribution in [1.29, 1.82) is 0 Å². The van der Waals surface area contributed by atoms with Crippen LogP contribution in [-0.2, 0) is 61.6 Å². The minimum Gasteiger partial charge on any atom is -0.377 e. The van der Waals surface area contributed by atoms with Gasteiger partial charge in [0.15, 0.2) is 10.8 Å². The third kappa shape index (κ3) is 27.0. The van der Waals surface area contributed by atoms with Gasteiger partial charge in [0, 0.05) is 0 Å². The van der Waals surface area contributed by atoms with Crippen molar-refractivity contribution in [1.82, 2.24) is 0 Å². The second-order valence-corrected chi connectivity index (χ2v) is 16.5. The molecule has 0 aromatic heterocycles. The van der Waals surface area contributed by atoms with Gasteiger partial charge < -0.3 is 47.4 Å². The zero-order valence-electron chi connectivity index (χ0n) is 42.1. The van der Waals surface area contributed by atoms with Gasteiger partial charge in [-0.15, -0.1) is 39.5 Å². The minimum absolute atomic E-state index is 0.599. The van der Waals surface area contributed by atoms with Crippen LogP contribution < -0.4 is 0 Å². The Kier molecular flexibility index (Phi) is 32.1. The van der Waals surface area contributed by atoms with E-state index in [4.69, 9.17) is 0 Å². The highest BCUT2D eigenvalue weighted by atomic mass is 19.3. The molecule has 0 aliphatic rings. The van der Waals surface area contributed by atoms with Crippen molar-refractivity contribution < 1.29 is 149 Å². The van der Waals surface area contributed by atoms with Gasteiger partial charge in [0.25, 0.3) is 17.8 Å². The zero-order valence-corrected chi connectivity index (χ0v) is 42.1. The first-order chi connectivity index (χ1) is 36.3. The largest absolute Gasteiger partial charge is 0.378 e. The Morgan fingerprint density at radius 3 is 0.709 bits per heavy atom. The summed E-state index contributed by atoms with van der Waals surface area (Å²) in [5.41, 5.74) is -11.9. The Bertz CT molecular complexity index is 1720. The van der Waals surface area contributed by atoms with Crippen molar-refractivity contribution in [3.05, 3.63) is 75.9 Å². The molecule has 0 heterocycles. The average molecular weight is 1200 g/mol. The smallest absolute Gasteiger partial charge is 0.377 e.